The van der Waals surface area contributed by atoms with Crippen molar-refractivity contribution in [3.8, 4) is 0 Å². The van der Waals surface area contributed by atoms with E-state index in [1.807, 2.05) is 3.59 Å². The van der Waals surface area contributed by atoms with Crippen molar-refractivity contribution >= 4 is 30.3 Å². The number of carbonyl (C=O) groups is 2. The van der Waals surface area contributed by atoms with Crippen LogP contribution in [-0.2, 0) is 9.59 Å². The van der Waals surface area contributed by atoms with Gasteiger partial charge in [-0.2, -0.15) is 0 Å². The van der Waals surface area contributed by atoms with E-state index in [0.29, 0.717) is 6.42 Å². The monoisotopic (exact) mass is 602 g/mol. The van der Waals surface area contributed by atoms with Gasteiger partial charge in [-0.1, -0.05) is 0 Å². The number of hydrogen-bond donors (Lipinski definition) is 2. The van der Waals surface area contributed by atoms with E-state index in [1.54, 1.807) is 13.3 Å². The number of rotatable bonds is 24. The fourth-order valence-electron chi connectivity index (χ4n) is 5.21. The quantitative estimate of drug-likeness (QED) is 0.0656. The summed E-state index contributed by atoms with van der Waals surface area (Å²) in [5.41, 5.74) is -1.64. The van der Waals surface area contributed by atoms with Crippen molar-refractivity contribution in [2.24, 2.45) is 5.41 Å². The van der Waals surface area contributed by atoms with Crippen LogP contribution >= 0.6 is 0 Å². The molecule has 35 heavy (non-hydrogen) atoms. The van der Waals surface area contributed by atoms with Crippen molar-refractivity contribution in [1.82, 2.24) is 0 Å². The average Bonchev–Trinajstić information content (AvgIpc) is 2.83. The molecule has 0 aliphatic carbocycles. The van der Waals surface area contributed by atoms with Crippen LogP contribution in [0.15, 0.2) is 9.67 Å². The van der Waals surface area contributed by atoms with Crippen LogP contribution in [0.2, 0.25) is 13.3 Å². The third kappa shape index (κ3) is 14.1. The van der Waals surface area contributed by atoms with Gasteiger partial charge in [0.1, 0.15) is 0 Å². The Bertz CT molecular complexity index is 563. The second-order valence-electron chi connectivity index (χ2n) is 11.1. The van der Waals surface area contributed by atoms with Crippen molar-refractivity contribution in [2.45, 2.75) is 157 Å². The summed E-state index contributed by atoms with van der Waals surface area (Å²) in [6, 6.07) is 0. The van der Waals surface area contributed by atoms with Crippen LogP contribution in [0.3, 0.4) is 0 Å². The molecule has 0 amide bonds. The minimum atomic E-state index is -2.17. The third-order valence-electron chi connectivity index (χ3n) is 8.14. The number of hydrogen-bond acceptors (Lipinski definition) is 2. The molecule has 5 heteroatoms. The van der Waals surface area contributed by atoms with Gasteiger partial charge in [0.25, 0.3) is 0 Å². The minimum Gasteiger partial charge on any atom is -0.480 e. The first-order valence-corrected chi connectivity index (χ1v) is 22.3. The molecule has 0 saturated heterocycles. The Morgan fingerprint density at radius 1 is 0.657 bits per heavy atom. The summed E-state index contributed by atoms with van der Waals surface area (Å²) < 4.78 is 6.58. The first-order chi connectivity index (χ1) is 16.7. The summed E-state index contributed by atoms with van der Waals surface area (Å²) in [7, 11) is 0. The maximum atomic E-state index is 11.2. The van der Waals surface area contributed by atoms with Gasteiger partial charge in [0.05, 0.1) is 0 Å². The van der Waals surface area contributed by atoms with Crippen LogP contribution in [0.4, 0.5) is 0 Å². The normalized spacial score (nSPS) is 12.8. The zero-order chi connectivity index (χ0) is 26.6. The van der Waals surface area contributed by atoms with E-state index in [2.05, 4.69) is 33.8 Å². The first-order valence-electron chi connectivity index (χ1n) is 14.8. The molecule has 0 saturated carbocycles. The molecule has 0 unspecified atom stereocenters. The molecule has 0 heterocycles. The van der Waals surface area contributed by atoms with Gasteiger partial charge in [0.2, 0.25) is 0 Å². The van der Waals surface area contributed by atoms with E-state index < -0.39 is 35.7 Å². The minimum absolute atomic E-state index is 0.214. The van der Waals surface area contributed by atoms with Gasteiger partial charge in [-0.25, -0.2) is 0 Å². The summed E-state index contributed by atoms with van der Waals surface area (Å²) in [6.07, 6.45) is 22.8. The summed E-state index contributed by atoms with van der Waals surface area (Å²) in [5.74, 6) is -2.46. The Labute approximate surface area is 221 Å². The molecule has 0 aliphatic heterocycles. The van der Waals surface area contributed by atoms with Gasteiger partial charge in [0.15, 0.2) is 5.41 Å². The van der Waals surface area contributed by atoms with Gasteiger partial charge in [-0.05, 0) is 13.3 Å². The SMILES string of the molecule is CCC[CH2][Sn]([CH2]CCC)([CH2]CCC)[C](C)=CCCCCCCCCCCCC(C)(C(=O)O)C(=O)O. The van der Waals surface area contributed by atoms with Gasteiger partial charge < -0.3 is 10.2 Å². The van der Waals surface area contributed by atoms with Crippen LogP contribution in [0.5, 0.6) is 0 Å². The van der Waals surface area contributed by atoms with E-state index in [4.69, 9.17) is 10.2 Å². The van der Waals surface area contributed by atoms with E-state index >= 15 is 0 Å². The summed E-state index contributed by atoms with van der Waals surface area (Å²) in [6.45, 7) is 10.9. The third-order valence-corrected chi connectivity index (χ3v) is 24.7. The van der Waals surface area contributed by atoms with Crippen LogP contribution in [-0.4, -0.2) is 40.5 Å². The Balaban J connectivity index is 4.21. The second kappa shape index (κ2) is 20.5. The molecule has 0 rings (SSSR count). The summed E-state index contributed by atoms with van der Waals surface area (Å²) in [5, 5.41) is 18.3. The van der Waals surface area contributed by atoms with Crippen LogP contribution in [0.25, 0.3) is 0 Å². The predicted octanol–water partition coefficient (Wildman–Crippen LogP) is 9.79. The predicted molar refractivity (Wildman–Crippen MR) is 153 cm³/mol. The van der Waals surface area contributed by atoms with Crippen LogP contribution in [0, 0.1) is 5.41 Å². The second-order valence-corrected chi connectivity index (χ2v) is 25.0. The Morgan fingerprint density at radius 3 is 1.40 bits per heavy atom. The van der Waals surface area contributed by atoms with Crippen LogP contribution < -0.4 is 0 Å². The summed E-state index contributed by atoms with van der Waals surface area (Å²) >= 11 is -2.17. The fraction of sp³-hybridized carbons (Fsp3) is 0.867. The van der Waals surface area contributed by atoms with Gasteiger partial charge >= 0.3 is 184 Å². The van der Waals surface area contributed by atoms with Crippen molar-refractivity contribution in [2.75, 3.05) is 0 Å². The molecule has 0 fully saturated rings. The van der Waals surface area contributed by atoms with E-state index in [9.17, 15) is 9.59 Å². The maximum absolute atomic E-state index is 11.2. The van der Waals surface area contributed by atoms with Crippen molar-refractivity contribution in [3.63, 3.8) is 0 Å². The molecule has 2 N–H and O–H groups in total. The Morgan fingerprint density at radius 2 is 1.03 bits per heavy atom. The molecule has 0 spiro atoms. The van der Waals surface area contributed by atoms with Gasteiger partial charge in [-0.15, -0.1) is 0 Å². The Kier molecular flexibility index (Phi) is 20.2. The Hall–Kier alpha value is -0.521. The molecule has 0 aromatic carbocycles. The van der Waals surface area contributed by atoms with E-state index in [1.165, 1.54) is 90.4 Å². The smallest absolute Gasteiger partial charge is 0.480 e. The number of carboxylic acid groups (broad SMARTS) is 2. The molecule has 0 radical (unpaired) electrons. The molecule has 0 aromatic rings. The molecular weight excluding hydrogens is 543 g/mol. The number of aliphatic carboxylic acids is 2. The molecule has 0 aromatic heterocycles. The molecule has 4 nitrogen and oxygen atoms in total. The topological polar surface area (TPSA) is 74.6 Å². The van der Waals surface area contributed by atoms with Crippen LogP contribution in [0.1, 0.15) is 144 Å². The number of allylic oxidation sites excluding steroid dienone is 2. The fourth-order valence-corrected chi connectivity index (χ4v) is 21.2. The van der Waals surface area contributed by atoms with Crippen molar-refractivity contribution in [3.05, 3.63) is 9.67 Å². The zero-order valence-electron chi connectivity index (χ0n) is 23.9. The van der Waals surface area contributed by atoms with E-state index in [0.717, 1.165) is 12.8 Å². The molecule has 0 bridgehead atoms. The van der Waals surface area contributed by atoms with Crippen molar-refractivity contribution < 1.29 is 19.8 Å². The summed E-state index contributed by atoms with van der Waals surface area (Å²) in [4.78, 5) is 22.4. The molecule has 0 atom stereocenters. The molecule has 0 aliphatic rings. The standard InChI is InChI=1S/C18H31O4.3C4H9.Sn/c1-3-4-5-6-7-8-9-10-11-12-13-14-15-18(2,16(19)20)17(21)22;3*1-3-4-2;/h4H,5-15H2,1-2H3,(H,19,20)(H,21,22);3*1,3-4H2,2H3;. The average molecular weight is 602 g/mol. The van der Waals surface area contributed by atoms with Gasteiger partial charge in [0, 0.05) is 0 Å². The van der Waals surface area contributed by atoms with E-state index in [-0.39, 0.29) is 6.42 Å². The van der Waals surface area contributed by atoms with Gasteiger partial charge in [-0.3, -0.25) is 9.59 Å². The molecule has 206 valence electrons. The zero-order valence-corrected chi connectivity index (χ0v) is 26.8. The first kappa shape index (κ1) is 34.5. The number of carboxylic acids is 2. The van der Waals surface area contributed by atoms with Crippen molar-refractivity contribution in [1.29, 1.82) is 0 Å². The number of unbranched alkanes of at least 4 members (excludes halogenated alkanes) is 12. The molecular formula is C30H58O4Sn.